The number of amides is 1. The van der Waals surface area contributed by atoms with Crippen molar-refractivity contribution in [2.45, 2.75) is 57.7 Å². The summed E-state index contributed by atoms with van der Waals surface area (Å²) >= 11 is 3.19. The van der Waals surface area contributed by atoms with Crippen molar-refractivity contribution in [3.63, 3.8) is 0 Å². The first-order valence-corrected chi connectivity index (χ1v) is 13.3. The highest BCUT2D eigenvalue weighted by Crippen LogP contribution is 2.53. The number of anilines is 1. The predicted octanol–water partition coefficient (Wildman–Crippen LogP) is 6.35. The van der Waals surface area contributed by atoms with Crippen LogP contribution in [0.25, 0.3) is 10.7 Å². The van der Waals surface area contributed by atoms with E-state index in [9.17, 15) is 4.79 Å². The van der Waals surface area contributed by atoms with Gasteiger partial charge in [-0.2, -0.15) is 0 Å². The average molecular weight is 467 g/mol. The van der Waals surface area contributed by atoms with Gasteiger partial charge in [0.1, 0.15) is 0 Å². The summed E-state index contributed by atoms with van der Waals surface area (Å²) in [4.78, 5) is 13.9. The van der Waals surface area contributed by atoms with Gasteiger partial charge in [0.05, 0.1) is 10.6 Å². The second-order valence-electron chi connectivity index (χ2n) is 9.39. The van der Waals surface area contributed by atoms with E-state index in [2.05, 4.69) is 50.6 Å². The number of hydrogen-bond acceptors (Lipinski definition) is 5. The lowest BCUT2D eigenvalue weighted by atomic mass is 9.84. The summed E-state index contributed by atoms with van der Waals surface area (Å²) in [5.41, 5.74) is 3.09. The van der Waals surface area contributed by atoms with Gasteiger partial charge >= 0.3 is 0 Å². The highest BCUT2D eigenvalue weighted by molar-refractivity contribution is 7.99. The molecule has 5 nitrogen and oxygen atoms in total. The molecule has 2 heterocycles. The van der Waals surface area contributed by atoms with Crippen molar-refractivity contribution in [1.29, 1.82) is 0 Å². The third kappa shape index (κ3) is 4.25. The zero-order chi connectivity index (χ0) is 22.2. The number of benzene rings is 1. The molecule has 4 atom stereocenters. The topological polar surface area (TPSA) is 59.8 Å². The Bertz CT molecular complexity index is 1110. The van der Waals surface area contributed by atoms with Gasteiger partial charge in [0.15, 0.2) is 11.0 Å². The van der Waals surface area contributed by atoms with Crippen molar-refractivity contribution >= 4 is 34.7 Å². The number of fused-ring (bicyclic) bond motifs is 2. The lowest BCUT2D eigenvalue weighted by Gasteiger charge is -2.30. The van der Waals surface area contributed by atoms with Crippen LogP contribution < -0.4 is 5.32 Å². The van der Waals surface area contributed by atoms with Gasteiger partial charge in [-0.1, -0.05) is 36.4 Å². The predicted molar refractivity (Wildman–Crippen MR) is 132 cm³/mol. The lowest BCUT2D eigenvalue weighted by molar-refractivity contribution is -0.113. The summed E-state index contributed by atoms with van der Waals surface area (Å²) in [6.45, 7) is 6.38. The second-order valence-corrected chi connectivity index (χ2v) is 11.3. The quantitative estimate of drug-likeness (QED) is 0.412. The Morgan fingerprint density at radius 2 is 2.12 bits per heavy atom. The molecule has 1 aromatic carbocycles. The highest BCUT2D eigenvalue weighted by Gasteiger charge is 2.43. The molecule has 0 spiro atoms. The third-order valence-electron chi connectivity index (χ3n) is 7.23. The Hall–Kier alpha value is -2.12. The normalized spacial score (nSPS) is 22.9. The second kappa shape index (κ2) is 9.02. The maximum absolute atomic E-state index is 12.7. The lowest BCUT2D eigenvalue weighted by Crippen LogP contribution is -2.23. The number of hydrogen-bond donors (Lipinski definition) is 1. The van der Waals surface area contributed by atoms with Crippen LogP contribution in [0.1, 0.15) is 49.8 Å². The summed E-state index contributed by atoms with van der Waals surface area (Å²) < 4.78 is 2.31. The van der Waals surface area contributed by atoms with E-state index >= 15 is 0 Å². The zero-order valence-electron chi connectivity index (χ0n) is 18.9. The molecule has 0 unspecified atom stereocenters. The molecule has 2 fully saturated rings. The largest absolute Gasteiger partial charge is 0.325 e. The van der Waals surface area contributed by atoms with E-state index in [-0.39, 0.29) is 5.91 Å². The molecule has 2 bridgehead atoms. The molecule has 5 rings (SSSR count). The molecule has 0 radical (unpaired) electrons. The molecule has 1 N–H and O–H groups in total. The molecule has 32 heavy (non-hydrogen) atoms. The summed E-state index contributed by atoms with van der Waals surface area (Å²) in [5.74, 6) is 3.63. The molecule has 2 aliphatic carbocycles. The fourth-order valence-electron chi connectivity index (χ4n) is 5.58. The number of carbonyl (C=O) groups excluding carboxylic acids is 1. The molecular formula is C25H30N4OS2. The zero-order valence-corrected chi connectivity index (χ0v) is 20.5. The third-order valence-corrected chi connectivity index (χ3v) is 9.03. The molecular weight excluding hydrogens is 436 g/mol. The number of thioether (sulfide) groups is 1. The van der Waals surface area contributed by atoms with Crippen molar-refractivity contribution < 1.29 is 4.79 Å². The van der Waals surface area contributed by atoms with Gasteiger partial charge in [0, 0.05) is 11.7 Å². The SMILES string of the molecule is Cc1ccc(C)c(NC(=O)CSc2nnc(-c3cccs3)n2[C@H](C)[C@H]2C[C@@H]3CC[C@@H]2C3)c1. The maximum atomic E-state index is 12.7. The van der Waals surface area contributed by atoms with Crippen LogP contribution in [0, 0.1) is 31.6 Å². The summed E-state index contributed by atoms with van der Waals surface area (Å²) in [7, 11) is 0. The molecule has 7 heteroatoms. The smallest absolute Gasteiger partial charge is 0.234 e. The fraction of sp³-hybridized carbons (Fsp3) is 0.480. The van der Waals surface area contributed by atoms with E-state index < -0.39 is 0 Å². The van der Waals surface area contributed by atoms with Crippen molar-refractivity contribution in [3.05, 3.63) is 46.8 Å². The highest BCUT2D eigenvalue weighted by atomic mass is 32.2. The number of aromatic nitrogens is 3. The molecule has 0 aliphatic heterocycles. The molecule has 168 valence electrons. The number of carbonyl (C=O) groups is 1. The van der Waals surface area contributed by atoms with Gasteiger partial charge in [-0.25, -0.2) is 0 Å². The number of nitrogens with zero attached hydrogens (tertiary/aromatic N) is 3. The van der Waals surface area contributed by atoms with E-state index in [1.165, 1.54) is 37.4 Å². The first-order chi connectivity index (χ1) is 15.5. The van der Waals surface area contributed by atoms with E-state index in [1.807, 2.05) is 26.0 Å². The summed E-state index contributed by atoms with van der Waals surface area (Å²) in [6.07, 6.45) is 5.45. The van der Waals surface area contributed by atoms with Crippen molar-refractivity contribution in [1.82, 2.24) is 14.8 Å². The maximum Gasteiger partial charge on any atom is 0.234 e. The molecule has 3 aromatic rings. The van der Waals surface area contributed by atoms with Crippen LogP contribution in [0.15, 0.2) is 40.9 Å². The number of thiophene rings is 1. The van der Waals surface area contributed by atoms with Crippen molar-refractivity contribution in [2.24, 2.45) is 17.8 Å². The summed E-state index contributed by atoms with van der Waals surface area (Å²) in [6, 6.07) is 10.6. The van der Waals surface area contributed by atoms with Crippen LogP contribution in [0.5, 0.6) is 0 Å². The Morgan fingerprint density at radius 1 is 1.25 bits per heavy atom. The van der Waals surface area contributed by atoms with Crippen LogP contribution in [-0.2, 0) is 4.79 Å². The van der Waals surface area contributed by atoms with Gasteiger partial charge in [-0.3, -0.25) is 9.36 Å². The van der Waals surface area contributed by atoms with Crippen LogP contribution in [0.2, 0.25) is 0 Å². The van der Waals surface area contributed by atoms with Crippen molar-refractivity contribution in [3.8, 4) is 10.7 Å². The Balaban J connectivity index is 1.35. The first-order valence-electron chi connectivity index (χ1n) is 11.5. The minimum atomic E-state index is -0.0106. The Morgan fingerprint density at radius 3 is 2.84 bits per heavy atom. The number of nitrogens with one attached hydrogen (secondary N) is 1. The minimum absolute atomic E-state index is 0.0106. The van der Waals surface area contributed by atoms with Crippen LogP contribution in [0.3, 0.4) is 0 Å². The van der Waals surface area contributed by atoms with Gasteiger partial charge in [0.2, 0.25) is 5.91 Å². The van der Waals surface area contributed by atoms with Crippen molar-refractivity contribution in [2.75, 3.05) is 11.1 Å². The molecule has 2 aromatic heterocycles. The van der Waals surface area contributed by atoms with Crippen LogP contribution >= 0.6 is 23.1 Å². The van der Waals surface area contributed by atoms with Gasteiger partial charge < -0.3 is 5.32 Å². The average Bonchev–Trinajstić information content (AvgIpc) is 3.57. The molecule has 1 amide bonds. The van der Waals surface area contributed by atoms with E-state index in [0.717, 1.165) is 44.5 Å². The monoisotopic (exact) mass is 466 g/mol. The van der Waals surface area contributed by atoms with E-state index in [1.54, 1.807) is 11.3 Å². The van der Waals surface area contributed by atoms with E-state index in [4.69, 9.17) is 0 Å². The molecule has 0 saturated heterocycles. The Labute approximate surface area is 198 Å². The molecule has 2 aliphatic rings. The van der Waals surface area contributed by atoms with E-state index in [0.29, 0.717) is 17.7 Å². The summed E-state index contributed by atoms with van der Waals surface area (Å²) in [5, 5.41) is 15.1. The standard InChI is InChI=1S/C25H30N4OS2/c1-15-6-7-16(2)21(11-15)26-23(30)14-32-25-28-27-24(22-5-4-10-31-22)29(25)17(3)20-13-18-8-9-19(20)12-18/h4-7,10-11,17-20H,8-9,12-14H2,1-3H3,(H,26,30)/t17-,18-,19-,20-/m1/s1. The number of aryl methyl sites for hydroxylation is 2. The first kappa shape index (κ1) is 21.7. The fourth-order valence-corrected chi connectivity index (χ4v) is 7.11. The van der Waals surface area contributed by atoms with Gasteiger partial charge in [-0.05, 0) is 86.4 Å². The van der Waals surface area contributed by atoms with Gasteiger partial charge in [-0.15, -0.1) is 21.5 Å². The number of rotatable bonds is 7. The van der Waals surface area contributed by atoms with Gasteiger partial charge in [0.25, 0.3) is 0 Å². The minimum Gasteiger partial charge on any atom is -0.325 e. The Kier molecular flexibility index (Phi) is 6.12. The van der Waals surface area contributed by atoms with Crippen LogP contribution in [-0.4, -0.2) is 26.4 Å². The van der Waals surface area contributed by atoms with Crippen LogP contribution in [0.4, 0.5) is 5.69 Å². The molecule has 2 saturated carbocycles.